The highest BCUT2D eigenvalue weighted by atomic mass is 32.2. The number of nitrogens with zero attached hydrogens (tertiary/aromatic N) is 2. The Morgan fingerprint density at radius 1 is 1.50 bits per heavy atom. The molecule has 0 bridgehead atoms. The van der Waals surface area contributed by atoms with E-state index in [0.717, 1.165) is 6.42 Å². The molecule has 2 amide bonds. The average molecular weight is 246 g/mol. The van der Waals surface area contributed by atoms with Crippen LogP contribution in [-0.2, 0) is 4.79 Å². The van der Waals surface area contributed by atoms with E-state index in [1.54, 1.807) is 4.90 Å². The molecule has 16 heavy (non-hydrogen) atoms. The van der Waals surface area contributed by atoms with E-state index in [1.807, 2.05) is 13.8 Å². The summed E-state index contributed by atoms with van der Waals surface area (Å²) in [5.74, 6) is 0.0618. The maximum absolute atomic E-state index is 12.1. The summed E-state index contributed by atoms with van der Waals surface area (Å²) < 4.78 is 0. The Labute approximate surface area is 99.8 Å². The minimum atomic E-state index is -0.911. The van der Waals surface area contributed by atoms with Crippen LogP contribution in [0.4, 0.5) is 4.79 Å². The van der Waals surface area contributed by atoms with Gasteiger partial charge in [0, 0.05) is 18.8 Å². The molecule has 1 atom stereocenters. The van der Waals surface area contributed by atoms with Gasteiger partial charge in [0.15, 0.2) is 0 Å². The molecule has 1 saturated heterocycles. The highest BCUT2D eigenvalue weighted by molar-refractivity contribution is 7.99. The second-order valence-corrected chi connectivity index (χ2v) is 4.69. The summed E-state index contributed by atoms with van der Waals surface area (Å²) in [5.41, 5.74) is 0. The lowest BCUT2D eigenvalue weighted by molar-refractivity contribution is -0.140. The monoisotopic (exact) mass is 246 g/mol. The van der Waals surface area contributed by atoms with Crippen LogP contribution in [0.2, 0.25) is 0 Å². The van der Waals surface area contributed by atoms with Gasteiger partial charge in [-0.1, -0.05) is 6.92 Å². The van der Waals surface area contributed by atoms with Crippen molar-refractivity contribution < 1.29 is 14.7 Å². The molecule has 0 radical (unpaired) electrons. The molecular formula is C10H18N2O3S. The van der Waals surface area contributed by atoms with Crippen molar-refractivity contribution in [3.05, 3.63) is 0 Å². The van der Waals surface area contributed by atoms with Crippen LogP contribution in [0.15, 0.2) is 0 Å². The second-order valence-electron chi connectivity index (χ2n) is 3.69. The quantitative estimate of drug-likeness (QED) is 0.812. The van der Waals surface area contributed by atoms with Gasteiger partial charge < -0.3 is 14.9 Å². The van der Waals surface area contributed by atoms with Crippen molar-refractivity contribution >= 4 is 23.8 Å². The smallest absolute Gasteiger partial charge is 0.327 e. The van der Waals surface area contributed by atoms with Gasteiger partial charge in [0.1, 0.15) is 6.04 Å². The Hall–Kier alpha value is -0.910. The summed E-state index contributed by atoms with van der Waals surface area (Å²) in [5, 5.41) is 8.99. The number of aliphatic carboxylic acids is 1. The third-order valence-corrected chi connectivity index (χ3v) is 3.57. The minimum absolute atomic E-state index is 0.151. The van der Waals surface area contributed by atoms with Gasteiger partial charge in [0.25, 0.3) is 0 Å². The van der Waals surface area contributed by atoms with Crippen molar-refractivity contribution in [1.29, 1.82) is 0 Å². The molecule has 0 saturated carbocycles. The van der Waals surface area contributed by atoms with Gasteiger partial charge in [-0.15, -0.1) is 11.8 Å². The van der Waals surface area contributed by atoms with Crippen molar-refractivity contribution in [2.24, 2.45) is 0 Å². The third kappa shape index (κ3) is 2.81. The molecular weight excluding hydrogens is 228 g/mol. The predicted octanol–water partition coefficient (Wildman–Crippen LogP) is 1.30. The summed E-state index contributed by atoms with van der Waals surface area (Å²) in [4.78, 5) is 26.2. The van der Waals surface area contributed by atoms with Crippen LogP contribution >= 0.6 is 11.8 Å². The standard InChI is InChI=1S/C10H18N2O3S/c1-3-5-11(4-2)10(15)12-7-16-6-8(12)9(13)14/h8H,3-7H2,1-2H3,(H,13,14). The number of carbonyl (C=O) groups is 2. The largest absolute Gasteiger partial charge is 0.480 e. The molecule has 1 aliphatic heterocycles. The Morgan fingerprint density at radius 2 is 2.19 bits per heavy atom. The molecule has 1 aliphatic rings. The van der Waals surface area contributed by atoms with Gasteiger partial charge in [-0.3, -0.25) is 0 Å². The highest BCUT2D eigenvalue weighted by Gasteiger charge is 2.36. The summed E-state index contributed by atoms with van der Waals surface area (Å²) in [6.45, 7) is 5.22. The van der Waals surface area contributed by atoms with Gasteiger partial charge in [0.2, 0.25) is 0 Å². The highest BCUT2D eigenvalue weighted by Crippen LogP contribution is 2.22. The van der Waals surface area contributed by atoms with Crippen LogP contribution in [0, 0.1) is 0 Å². The molecule has 0 aromatic rings. The molecule has 0 spiro atoms. The van der Waals surface area contributed by atoms with E-state index < -0.39 is 12.0 Å². The molecule has 5 nitrogen and oxygen atoms in total. The minimum Gasteiger partial charge on any atom is -0.480 e. The van der Waals surface area contributed by atoms with E-state index in [-0.39, 0.29) is 6.03 Å². The van der Waals surface area contributed by atoms with Crippen molar-refractivity contribution in [1.82, 2.24) is 9.80 Å². The third-order valence-electron chi connectivity index (χ3n) is 2.56. The Morgan fingerprint density at radius 3 is 2.69 bits per heavy atom. The molecule has 0 aromatic carbocycles. The fraction of sp³-hybridized carbons (Fsp3) is 0.800. The Kier molecular flexibility index (Phi) is 4.92. The van der Waals surface area contributed by atoms with E-state index in [2.05, 4.69) is 0 Å². The van der Waals surface area contributed by atoms with E-state index in [0.29, 0.717) is 24.7 Å². The average Bonchev–Trinajstić information content (AvgIpc) is 2.73. The van der Waals surface area contributed by atoms with Crippen LogP contribution in [0.3, 0.4) is 0 Å². The van der Waals surface area contributed by atoms with Crippen molar-refractivity contribution in [3.63, 3.8) is 0 Å². The number of urea groups is 1. The van der Waals surface area contributed by atoms with Crippen LogP contribution in [0.25, 0.3) is 0 Å². The van der Waals surface area contributed by atoms with E-state index >= 15 is 0 Å². The first-order chi connectivity index (χ1) is 7.61. The number of carboxylic acid groups (broad SMARTS) is 1. The van der Waals surface area contributed by atoms with Crippen LogP contribution in [0.1, 0.15) is 20.3 Å². The molecule has 6 heteroatoms. The van der Waals surface area contributed by atoms with Gasteiger partial charge in [-0.05, 0) is 13.3 Å². The van der Waals surface area contributed by atoms with Crippen LogP contribution < -0.4 is 0 Å². The predicted molar refractivity (Wildman–Crippen MR) is 63.5 cm³/mol. The number of carboxylic acids is 1. The zero-order valence-corrected chi connectivity index (χ0v) is 10.5. The summed E-state index contributed by atoms with van der Waals surface area (Å²) in [7, 11) is 0. The lowest BCUT2D eigenvalue weighted by Crippen LogP contribution is -2.48. The SMILES string of the molecule is CCCN(CC)C(=O)N1CSCC1C(=O)O. The number of hydrogen-bond donors (Lipinski definition) is 1. The maximum atomic E-state index is 12.1. The van der Waals surface area contributed by atoms with Gasteiger partial charge in [-0.25, -0.2) is 9.59 Å². The zero-order chi connectivity index (χ0) is 12.1. The van der Waals surface area contributed by atoms with Crippen molar-refractivity contribution in [3.8, 4) is 0 Å². The number of hydrogen-bond acceptors (Lipinski definition) is 3. The zero-order valence-electron chi connectivity index (χ0n) is 9.68. The first-order valence-corrected chi connectivity index (χ1v) is 6.63. The molecule has 1 unspecified atom stereocenters. The summed E-state index contributed by atoms with van der Waals surface area (Å²) >= 11 is 1.49. The van der Waals surface area contributed by atoms with Crippen LogP contribution in [0.5, 0.6) is 0 Å². The summed E-state index contributed by atoms with van der Waals surface area (Å²) in [6, 6.07) is -0.815. The number of thioether (sulfide) groups is 1. The fourth-order valence-corrected chi connectivity index (χ4v) is 2.81. The molecule has 0 aliphatic carbocycles. The van der Waals surface area contributed by atoms with E-state index in [4.69, 9.17) is 5.11 Å². The van der Waals surface area contributed by atoms with E-state index in [1.165, 1.54) is 16.7 Å². The topological polar surface area (TPSA) is 60.9 Å². The summed E-state index contributed by atoms with van der Waals surface area (Å²) in [6.07, 6.45) is 0.887. The molecule has 0 aromatic heterocycles. The number of carbonyl (C=O) groups excluding carboxylic acids is 1. The maximum Gasteiger partial charge on any atom is 0.327 e. The van der Waals surface area contributed by atoms with Crippen molar-refractivity contribution in [2.75, 3.05) is 24.7 Å². The first kappa shape index (κ1) is 13.2. The van der Waals surface area contributed by atoms with E-state index in [9.17, 15) is 9.59 Å². The Bertz CT molecular complexity index is 273. The van der Waals surface area contributed by atoms with Gasteiger partial charge in [-0.2, -0.15) is 0 Å². The van der Waals surface area contributed by atoms with Crippen molar-refractivity contribution in [2.45, 2.75) is 26.3 Å². The molecule has 1 fully saturated rings. The number of rotatable bonds is 4. The lowest BCUT2D eigenvalue weighted by atomic mass is 10.3. The fourth-order valence-electron chi connectivity index (χ4n) is 1.68. The normalized spacial score (nSPS) is 19.9. The lowest BCUT2D eigenvalue weighted by Gasteiger charge is -2.28. The number of amides is 2. The second kappa shape index (κ2) is 5.98. The molecule has 1 rings (SSSR count). The molecule has 1 heterocycles. The molecule has 92 valence electrons. The van der Waals surface area contributed by atoms with Gasteiger partial charge in [0.05, 0.1) is 5.88 Å². The first-order valence-electron chi connectivity index (χ1n) is 5.47. The van der Waals surface area contributed by atoms with Crippen LogP contribution in [-0.4, -0.2) is 57.7 Å². The van der Waals surface area contributed by atoms with Gasteiger partial charge >= 0.3 is 12.0 Å². The Balaban J connectivity index is 2.67. The molecule has 1 N–H and O–H groups in total.